The fourth-order valence-electron chi connectivity index (χ4n) is 3.39. The summed E-state index contributed by atoms with van der Waals surface area (Å²) < 4.78 is 5.53. The molecule has 0 fully saturated rings. The number of rotatable bonds is 9. The molecule has 0 aliphatic heterocycles. The predicted molar refractivity (Wildman–Crippen MR) is 112 cm³/mol. The highest BCUT2D eigenvalue weighted by Gasteiger charge is 2.17. The van der Waals surface area contributed by atoms with Crippen LogP contribution in [0.2, 0.25) is 0 Å². The van der Waals surface area contributed by atoms with E-state index in [0.29, 0.717) is 23.5 Å². The molecule has 0 atom stereocenters. The number of nitrogens with zero attached hydrogens (tertiary/aromatic N) is 8. The molecule has 29 heavy (non-hydrogen) atoms. The van der Waals surface area contributed by atoms with Gasteiger partial charge in [-0.15, -0.1) is 15.3 Å². The molecule has 0 amide bonds. The molecular weight excluding hydrogens is 388 g/mol. The molecule has 4 rings (SSSR count). The van der Waals surface area contributed by atoms with E-state index < -0.39 is 0 Å². The summed E-state index contributed by atoms with van der Waals surface area (Å²) >= 11 is 1.52. The monoisotopic (exact) mass is 412 g/mol. The van der Waals surface area contributed by atoms with Gasteiger partial charge >= 0.3 is 0 Å². The molecule has 1 aromatic carbocycles. The van der Waals surface area contributed by atoms with Crippen molar-refractivity contribution in [1.82, 2.24) is 39.4 Å². The molecule has 0 N–H and O–H groups in total. The Morgan fingerprint density at radius 1 is 1.00 bits per heavy atom. The first-order valence-corrected chi connectivity index (χ1v) is 11.0. The lowest BCUT2D eigenvalue weighted by atomic mass is 10.2. The molecule has 152 valence electrons. The Balaban J connectivity index is 1.75. The number of aryl methyl sites for hydroxylation is 2. The van der Waals surface area contributed by atoms with Crippen LogP contribution < -0.4 is 5.56 Å². The summed E-state index contributed by atoms with van der Waals surface area (Å²) in [4.78, 5) is 13.1. The zero-order valence-electron chi connectivity index (χ0n) is 16.7. The van der Waals surface area contributed by atoms with Gasteiger partial charge in [-0.1, -0.05) is 50.6 Å². The van der Waals surface area contributed by atoms with E-state index in [1.54, 1.807) is 4.57 Å². The normalized spacial score (nSPS) is 11.7. The number of unbranched alkanes of at least 4 members (excludes halogenated alkanes) is 2. The third-order valence-electron chi connectivity index (χ3n) is 4.84. The van der Waals surface area contributed by atoms with E-state index >= 15 is 0 Å². The van der Waals surface area contributed by atoms with Gasteiger partial charge in [0, 0.05) is 13.1 Å². The van der Waals surface area contributed by atoms with Crippen LogP contribution in [-0.4, -0.2) is 39.4 Å². The molecule has 4 aromatic rings. The van der Waals surface area contributed by atoms with Gasteiger partial charge in [0.25, 0.3) is 5.56 Å². The van der Waals surface area contributed by atoms with Crippen LogP contribution in [0.1, 0.15) is 45.4 Å². The van der Waals surface area contributed by atoms with E-state index in [1.807, 2.05) is 33.3 Å². The minimum absolute atomic E-state index is 0.0139. The molecule has 0 aliphatic carbocycles. The number of hydrogen-bond donors (Lipinski definition) is 0. The molecule has 10 heteroatoms. The molecule has 0 aliphatic rings. The first-order chi connectivity index (χ1) is 14.2. The van der Waals surface area contributed by atoms with Crippen molar-refractivity contribution in [2.45, 2.75) is 63.5 Å². The Morgan fingerprint density at radius 3 is 2.69 bits per heavy atom. The fraction of sp³-hybridized carbons (Fsp3) is 0.474. The second-order valence-corrected chi connectivity index (χ2v) is 7.85. The minimum atomic E-state index is -0.0139. The highest BCUT2D eigenvalue weighted by molar-refractivity contribution is 7.98. The molecule has 0 bridgehead atoms. The first kappa shape index (κ1) is 19.6. The van der Waals surface area contributed by atoms with Crippen molar-refractivity contribution in [1.29, 1.82) is 0 Å². The van der Waals surface area contributed by atoms with E-state index in [1.165, 1.54) is 11.8 Å². The van der Waals surface area contributed by atoms with Crippen molar-refractivity contribution in [3.05, 3.63) is 40.4 Å². The maximum absolute atomic E-state index is 13.1. The molecule has 3 aromatic heterocycles. The van der Waals surface area contributed by atoms with Gasteiger partial charge in [0.1, 0.15) is 0 Å². The predicted octanol–water partition coefficient (Wildman–Crippen LogP) is 2.92. The van der Waals surface area contributed by atoms with Crippen LogP contribution in [0.3, 0.4) is 0 Å². The Bertz CT molecular complexity index is 1180. The molecule has 0 saturated heterocycles. The van der Waals surface area contributed by atoms with E-state index in [2.05, 4.69) is 39.6 Å². The zero-order chi connectivity index (χ0) is 20.2. The Kier molecular flexibility index (Phi) is 5.89. The van der Waals surface area contributed by atoms with Gasteiger partial charge in [-0.2, -0.15) is 0 Å². The second kappa shape index (κ2) is 8.73. The van der Waals surface area contributed by atoms with Gasteiger partial charge < -0.3 is 0 Å². The Hall–Kier alpha value is -2.75. The number of benzene rings is 1. The molecular formula is C19H24N8OS. The van der Waals surface area contributed by atoms with Crippen molar-refractivity contribution >= 4 is 28.4 Å². The first-order valence-electron chi connectivity index (χ1n) is 9.99. The SMILES string of the molecule is CCCCCn1c(=O)c2ccccc2n2c(SCc3nnnn3CCC)nnc12. The number of aromatic nitrogens is 8. The van der Waals surface area contributed by atoms with Gasteiger partial charge in [-0.05, 0) is 35.4 Å². The van der Waals surface area contributed by atoms with Gasteiger partial charge in [0.05, 0.1) is 16.7 Å². The van der Waals surface area contributed by atoms with Crippen molar-refractivity contribution in [3.63, 3.8) is 0 Å². The van der Waals surface area contributed by atoms with Crippen LogP contribution in [0.15, 0.2) is 34.2 Å². The lowest BCUT2D eigenvalue weighted by Gasteiger charge is -2.11. The van der Waals surface area contributed by atoms with Gasteiger partial charge in [-0.3, -0.25) is 13.8 Å². The number of fused-ring (bicyclic) bond motifs is 3. The standard InChI is InChI=1S/C19H24N8OS/c1-3-5-8-12-25-17(28)14-9-6-7-10-15(14)27-18(25)21-22-19(27)29-13-16-20-23-24-26(16)11-4-2/h6-7,9-10H,3-5,8,11-13H2,1-2H3. The fourth-order valence-corrected chi connectivity index (χ4v) is 4.26. The van der Waals surface area contributed by atoms with Crippen molar-refractivity contribution in [3.8, 4) is 0 Å². The molecule has 0 radical (unpaired) electrons. The number of tetrazole rings is 1. The smallest absolute Gasteiger partial charge is 0.262 e. The number of thioether (sulfide) groups is 1. The van der Waals surface area contributed by atoms with Crippen LogP contribution in [0, 0.1) is 0 Å². The number of para-hydroxylation sites is 1. The highest BCUT2D eigenvalue weighted by atomic mass is 32.2. The molecule has 0 unspecified atom stereocenters. The average Bonchev–Trinajstić information content (AvgIpc) is 3.36. The van der Waals surface area contributed by atoms with Crippen LogP contribution in [0.25, 0.3) is 16.7 Å². The zero-order valence-corrected chi connectivity index (χ0v) is 17.5. The van der Waals surface area contributed by atoms with Gasteiger partial charge in [0.15, 0.2) is 11.0 Å². The third kappa shape index (κ3) is 3.76. The largest absolute Gasteiger partial charge is 0.276 e. The topological polar surface area (TPSA) is 95.8 Å². The minimum Gasteiger partial charge on any atom is -0.276 e. The second-order valence-electron chi connectivity index (χ2n) is 6.91. The average molecular weight is 413 g/mol. The van der Waals surface area contributed by atoms with Gasteiger partial charge in [-0.25, -0.2) is 4.68 Å². The lowest BCUT2D eigenvalue weighted by Crippen LogP contribution is -2.23. The van der Waals surface area contributed by atoms with Crippen molar-refractivity contribution < 1.29 is 0 Å². The molecule has 3 heterocycles. The van der Waals surface area contributed by atoms with Crippen LogP contribution >= 0.6 is 11.8 Å². The van der Waals surface area contributed by atoms with E-state index in [9.17, 15) is 4.79 Å². The summed E-state index contributed by atoms with van der Waals surface area (Å²) in [5.74, 6) is 1.96. The van der Waals surface area contributed by atoms with Crippen LogP contribution in [-0.2, 0) is 18.8 Å². The molecule has 0 saturated carbocycles. The molecule has 0 spiro atoms. The summed E-state index contributed by atoms with van der Waals surface area (Å²) in [7, 11) is 0. The van der Waals surface area contributed by atoms with Crippen LogP contribution in [0.4, 0.5) is 0 Å². The summed E-state index contributed by atoms with van der Waals surface area (Å²) in [6.45, 7) is 5.66. The summed E-state index contributed by atoms with van der Waals surface area (Å²) in [5.41, 5.74) is 0.805. The maximum Gasteiger partial charge on any atom is 0.262 e. The number of hydrogen-bond acceptors (Lipinski definition) is 7. The van der Waals surface area contributed by atoms with Crippen molar-refractivity contribution in [2.75, 3.05) is 0 Å². The summed E-state index contributed by atoms with van der Waals surface area (Å²) in [5, 5.41) is 22.1. The van der Waals surface area contributed by atoms with E-state index in [0.717, 1.165) is 48.7 Å². The molecule has 9 nitrogen and oxygen atoms in total. The third-order valence-corrected chi connectivity index (χ3v) is 5.76. The maximum atomic E-state index is 13.1. The Labute approximate surface area is 172 Å². The van der Waals surface area contributed by atoms with E-state index in [-0.39, 0.29) is 5.56 Å². The highest BCUT2D eigenvalue weighted by Crippen LogP contribution is 2.24. The Morgan fingerprint density at radius 2 is 1.86 bits per heavy atom. The van der Waals surface area contributed by atoms with Gasteiger partial charge in [0.2, 0.25) is 5.78 Å². The van der Waals surface area contributed by atoms with Crippen LogP contribution in [0.5, 0.6) is 0 Å². The lowest BCUT2D eigenvalue weighted by molar-refractivity contribution is 0.564. The quantitative estimate of drug-likeness (QED) is 0.308. The van der Waals surface area contributed by atoms with Crippen molar-refractivity contribution in [2.24, 2.45) is 0 Å². The summed E-state index contributed by atoms with van der Waals surface area (Å²) in [6.07, 6.45) is 4.07. The summed E-state index contributed by atoms with van der Waals surface area (Å²) in [6, 6.07) is 7.62. The van der Waals surface area contributed by atoms with E-state index in [4.69, 9.17) is 0 Å².